The van der Waals surface area contributed by atoms with Gasteiger partial charge in [0.2, 0.25) is 5.76 Å². The largest absolute Gasteiger partial charge is 0.475 e. The first-order chi connectivity index (χ1) is 7.38. The van der Waals surface area contributed by atoms with Crippen molar-refractivity contribution in [3.8, 4) is 5.95 Å². The Bertz CT molecular complexity index is 348. The van der Waals surface area contributed by atoms with Crippen LogP contribution in [0.2, 0.25) is 0 Å². The Morgan fingerprint density at radius 3 is 2.56 bits per heavy atom. The van der Waals surface area contributed by atoms with Crippen molar-refractivity contribution in [2.24, 2.45) is 0 Å². The molecule has 0 spiro atoms. The lowest BCUT2D eigenvalue weighted by Crippen LogP contribution is -2.22. The average molecular weight is 228 g/mol. The van der Waals surface area contributed by atoms with Gasteiger partial charge in [0.15, 0.2) is 0 Å². The molecule has 0 radical (unpaired) electrons. The van der Waals surface area contributed by atoms with Crippen LogP contribution >= 0.6 is 0 Å². The highest BCUT2D eigenvalue weighted by molar-refractivity contribution is 5.84. The molecule has 0 fully saturated rings. The number of aromatic carboxylic acids is 1. The molecule has 0 aromatic carbocycles. The highest BCUT2D eigenvalue weighted by atomic mass is 16.6. The third-order valence-corrected chi connectivity index (χ3v) is 1.65. The van der Waals surface area contributed by atoms with E-state index >= 15 is 0 Å². The molecule has 0 bridgehead atoms. The quantitative estimate of drug-likeness (QED) is 0.782. The highest BCUT2D eigenvalue weighted by Crippen LogP contribution is 2.15. The summed E-state index contributed by atoms with van der Waals surface area (Å²) in [4.78, 5) is 10.5. The number of carboxylic acid groups (broad SMARTS) is 1. The van der Waals surface area contributed by atoms with Gasteiger partial charge in [0.25, 0.3) is 5.95 Å². The van der Waals surface area contributed by atoms with E-state index in [1.807, 2.05) is 20.8 Å². The van der Waals surface area contributed by atoms with Gasteiger partial charge >= 0.3 is 5.97 Å². The normalized spacial score (nSPS) is 11.4. The summed E-state index contributed by atoms with van der Waals surface area (Å²) < 4.78 is 15.5. The Morgan fingerprint density at radius 1 is 1.38 bits per heavy atom. The first-order valence-electron chi connectivity index (χ1n) is 4.98. The molecule has 1 N–H and O–H groups in total. The van der Waals surface area contributed by atoms with Gasteiger partial charge in [-0.1, -0.05) is 0 Å². The van der Waals surface area contributed by atoms with Crippen LogP contribution in [0.4, 0.5) is 0 Å². The monoisotopic (exact) mass is 228 g/mol. The summed E-state index contributed by atoms with van der Waals surface area (Å²) in [6.45, 7) is 6.59. The van der Waals surface area contributed by atoms with Crippen LogP contribution < -0.4 is 4.74 Å². The van der Waals surface area contributed by atoms with Gasteiger partial charge in [-0.3, -0.25) is 0 Å². The molecule has 5 heteroatoms. The fourth-order valence-corrected chi connectivity index (χ4v) is 1.00. The smallest absolute Gasteiger partial charge is 0.371 e. The Balaban J connectivity index is 2.30. The molecule has 16 heavy (non-hydrogen) atoms. The Morgan fingerprint density at radius 2 is 2.06 bits per heavy atom. The van der Waals surface area contributed by atoms with E-state index in [-0.39, 0.29) is 17.3 Å². The maximum atomic E-state index is 10.5. The van der Waals surface area contributed by atoms with Crippen LogP contribution in [0.15, 0.2) is 16.5 Å². The molecule has 0 aliphatic heterocycles. The van der Waals surface area contributed by atoms with Gasteiger partial charge in [0.1, 0.15) is 6.61 Å². The Hall–Kier alpha value is -1.49. The van der Waals surface area contributed by atoms with Crippen LogP contribution in [0.25, 0.3) is 0 Å². The fraction of sp³-hybridized carbons (Fsp3) is 0.545. The van der Waals surface area contributed by atoms with Crippen molar-refractivity contribution < 1.29 is 23.8 Å². The predicted molar refractivity (Wildman–Crippen MR) is 56.9 cm³/mol. The van der Waals surface area contributed by atoms with Gasteiger partial charge in [-0.2, -0.15) is 0 Å². The lowest BCUT2D eigenvalue weighted by molar-refractivity contribution is -0.0190. The van der Waals surface area contributed by atoms with Crippen molar-refractivity contribution in [1.29, 1.82) is 0 Å². The lowest BCUT2D eigenvalue weighted by Gasteiger charge is -2.19. The maximum absolute atomic E-state index is 10.5. The molecule has 0 aliphatic rings. The third kappa shape index (κ3) is 4.35. The van der Waals surface area contributed by atoms with Crippen molar-refractivity contribution in [3.05, 3.63) is 17.9 Å². The van der Waals surface area contributed by atoms with E-state index in [4.69, 9.17) is 19.0 Å². The van der Waals surface area contributed by atoms with E-state index in [2.05, 4.69) is 0 Å². The van der Waals surface area contributed by atoms with Crippen LogP contribution in [0, 0.1) is 0 Å². The van der Waals surface area contributed by atoms with Gasteiger partial charge in [0, 0.05) is 6.07 Å². The Labute approximate surface area is 94.0 Å². The zero-order valence-electron chi connectivity index (χ0n) is 9.65. The third-order valence-electron chi connectivity index (χ3n) is 1.65. The van der Waals surface area contributed by atoms with E-state index in [1.165, 1.54) is 12.1 Å². The second-order valence-electron chi connectivity index (χ2n) is 4.23. The lowest BCUT2D eigenvalue weighted by atomic mass is 10.2. The first-order valence-corrected chi connectivity index (χ1v) is 4.98. The summed E-state index contributed by atoms with van der Waals surface area (Å²) in [6.07, 6.45) is 0. The highest BCUT2D eigenvalue weighted by Gasteiger charge is 2.11. The molecule has 0 atom stereocenters. The standard InChI is InChI=1S/C11H16O5/c1-11(2,3)15-7-6-14-9-5-4-8(16-9)10(12)13/h4-5H,6-7H2,1-3H3,(H,12,13). The molecular formula is C11H16O5. The van der Waals surface area contributed by atoms with E-state index < -0.39 is 5.97 Å². The summed E-state index contributed by atoms with van der Waals surface area (Å²) >= 11 is 0. The van der Waals surface area contributed by atoms with Crippen LogP contribution in [-0.4, -0.2) is 29.9 Å². The van der Waals surface area contributed by atoms with Crippen LogP contribution in [0.3, 0.4) is 0 Å². The molecule has 1 aromatic rings. The Kier molecular flexibility index (Phi) is 3.95. The van der Waals surface area contributed by atoms with E-state index in [9.17, 15) is 4.79 Å². The second kappa shape index (κ2) is 5.03. The summed E-state index contributed by atoms with van der Waals surface area (Å²) in [5.41, 5.74) is -0.210. The molecule has 5 nitrogen and oxygen atoms in total. The fourth-order valence-electron chi connectivity index (χ4n) is 1.00. The van der Waals surface area contributed by atoms with Gasteiger partial charge in [-0.25, -0.2) is 4.79 Å². The van der Waals surface area contributed by atoms with Gasteiger partial charge in [0.05, 0.1) is 12.2 Å². The van der Waals surface area contributed by atoms with E-state index in [1.54, 1.807) is 0 Å². The molecule has 0 aliphatic carbocycles. The van der Waals surface area contributed by atoms with Crippen LogP contribution in [0.5, 0.6) is 5.95 Å². The average Bonchev–Trinajstić information content (AvgIpc) is 2.59. The van der Waals surface area contributed by atoms with Crippen molar-refractivity contribution in [2.45, 2.75) is 26.4 Å². The van der Waals surface area contributed by atoms with Gasteiger partial charge in [-0.05, 0) is 26.8 Å². The number of carboxylic acids is 1. The summed E-state index contributed by atoms with van der Waals surface area (Å²) in [5.74, 6) is -1.05. The number of rotatable bonds is 5. The second-order valence-corrected chi connectivity index (χ2v) is 4.23. The van der Waals surface area contributed by atoms with E-state index in [0.29, 0.717) is 13.2 Å². The topological polar surface area (TPSA) is 68.9 Å². The molecule has 0 amide bonds. The summed E-state index contributed by atoms with van der Waals surface area (Å²) in [6, 6.07) is 2.82. The van der Waals surface area contributed by atoms with Crippen molar-refractivity contribution in [3.63, 3.8) is 0 Å². The van der Waals surface area contributed by atoms with E-state index in [0.717, 1.165) is 0 Å². The molecule has 0 unspecified atom stereocenters. The minimum atomic E-state index is -1.11. The minimum absolute atomic E-state index is 0.133. The number of carbonyl (C=O) groups is 1. The summed E-state index contributed by atoms with van der Waals surface area (Å²) in [5, 5.41) is 8.60. The van der Waals surface area contributed by atoms with Crippen LogP contribution in [-0.2, 0) is 4.74 Å². The number of ether oxygens (including phenoxy) is 2. The predicted octanol–water partition coefficient (Wildman–Crippen LogP) is 2.17. The van der Waals surface area contributed by atoms with Crippen molar-refractivity contribution in [2.75, 3.05) is 13.2 Å². The number of hydrogen-bond donors (Lipinski definition) is 1. The van der Waals surface area contributed by atoms with Crippen LogP contribution in [0.1, 0.15) is 31.3 Å². The first kappa shape index (κ1) is 12.6. The minimum Gasteiger partial charge on any atom is -0.475 e. The zero-order valence-corrected chi connectivity index (χ0v) is 9.65. The zero-order chi connectivity index (χ0) is 12.2. The number of hydrogen-bond acceptors (Lipinski definition) is 4. The van der Waals surface area contributed by atoms with Gasteiger partial charge in [-0.15, -0.1) is 0 Å². The van der Waals surface area contributed by atoms with Crippen molar-refractivity contribution >= 4 is 5.97 Å². The molecule has 0 saturated heterocycles. The molecule has 1 aromatic heterocycles. The molecule has 90 valence electrons. The SMILES string of the molecule is CC(C)(C)OCCOc1ccc(C(=O)O)o1. The molecule has 1 rings (SSSR count). The van der Waals surface area contributed by atoms with Crippen molar-refractivity contribution in [1.82, 2.24) is 0 Å². The van der Waals surface area contributed by atoms with Gasteiger partial charge < -0.3 is 19.0 Å². The molecular weight excluding hydrogens is 212 g/mol. The number of furan rings is 1. The molecule has 0 saturated carbocycles. The maximum Gasteiger partial charge on any atom is 0.371 e. The molecule has 1 heterocycles. The summed E-state index contributed by atoms with van der Waals surface area (Å²) in [7, 11) is 0.